The summed E-state index contributed by atoms with van der Waals surface area (Å²) < 4.78 is 4.19. The number of fused-ring (bicyclic) bond motifs is 1. The first-order chi connectivity index (χ1) is 5.61. The van der Waals surface area contributed by atoms with Crippen molar-refractivity contribution in [3.63, 3.8) is 0 Å². The summed E-state index contributed by atoms with van der Waals surface area (Å²) >= 11 is 6.51. The van der Waals surface area contributed by atoms with E-state index in [1.165, 1.54) is 0 Å². The molecule has 0 bridgehead atoms. The summed E-state index contributed by atoms with van der Waals surface area (Å²) in [6.07, 6.45) is 0. The van der Waals surface area contributed by atoms with E-state index in [1.807, 2.05) is 18.2 Å². The van der Waals surface area contributed by atoms with Crippen molar-refractivity contribution in [3.8, 4) is 0 Å². The number of carbonyl (C=O) groups excluding carboxylic acids is 1. The Labute approximate surface area is 86.2 Å². The molecule has 62 valence electrons. The zero-order valence-corrected chi connectivity index (χ0v) is 9.05. The number of ether oxygens (including phenoxy) is 1. The Bertz CT molecular complexity index is 347. The van der Waals surface area contributed by atoms with Gasteiger partial charge in [-0.1, -0.05) is 18.2 Å². The normalized spacial score (nSPS) is 18.7. The maximum atomic E-state index is 11.2. The molecule has 1 aromatic rings. The Balaban J connectivity index is 2.66. The van der Waals surface area contributed by atoms with Crippen molar-refractivity contribution in [2.75, 3.05) is 0 Å². The zero-order chi connectivity index (χ0) is 8.77. The highest BCUT2D eigenvalue weighted by Crippen LogP contribution is 2.46. The lowest BCUT2D eigenvalue weighted by atomic mass is 10.1. The molecule has 4 heteroatoms. The third kappa shape index (κ3) is 1.10. The summed E-state index contributed by atoms with van der Waals surface area (Å²) in [5, 5.41) is 0. The molecule has 0 N–H and O–H groups in total. The molecular weight excluding hydrogens is 288 g/mol. The van der Waals surface area contributed by atoms with Crippen LogP contribution in [0.3, 0.4) is 0 Å². The first kappa shape index (κ1) is 8.26. The molecule has 0 fully saturated rings. The van der Waals surface area contributed by atoms with Gasteiger partial charge in [0.15, 0.2) is 0 Å². The number of benzene rings is 1. The van der Waals surface area contributed by atoms with E-state index in [4.69, 9.17) is 4.74 Å². The average Bonchev–Trinajstić information content (AvgIpc) is 2.25. The van der Waals surface area contributed by atoms with E-state index in [9.17, 15) is 4.79 Å². The van der Waals surface area contributed by atoms with E-state index in [1.54, 1.807) is 6.07 Å². The van der Waals surface area contributed by atoms with Gasteiger partial charge in [0.25, 0.3) is 0 Å². The number of carbonyl (C=O) groups is 1. The zero-order valence-electron chi connectivity index (χ0n) is 5.88. The standard InChI is InChI=1S/C8H4Br2O2/c9-8(10)6-4-2-1-3-5(6)7(11)12-8/h1-4H. The Kier molecular flexibility index (Phi) is 1.77. The molecule has 2 rings (SSSR count). The van der Waals surface area contributed by atoms with E-state index < -0.39 is 3.42 Å². The van der Waals surface area contributed by atoms with Crippen LogP contribution in [-0.4, -0.2) is 5.97 Å². The highest BCUT2D eigenvalue weighted by Gasteiger charge is 2.40. The van der Waals surface area contributed by atoms with Gasteiger partial charge >= 0.3 is 5.97 Å². The van der Waals surface area contributed by atoms with Crippen LogP contribution in [0.2, 0.25) is 0 Å². The van der Waals surface area contributed by atoms with Crippen LogP contribution in [0.25, 0.3) is 0 Å². The summed E-state index contributed by atoms with van der Waals surface area (Å²) in [5.74, 6) is -0.306. The fourth-order valence-electron chi connectivity index (χ4n) is 1.14. The number of hydrogen-bond donors (Lipinski definition) is 0. The molecule has 0 spiro atoms. The molecule has 1 aromatic carbocycles. The first-order valence-corrected chi connectivity index (χ1v) is 4.90. The second kappa shape index (κ2) is 2.57. The molecule has 12 heavy (non-hydrogen) atoms. The highest BCUT2D eigenvalue weighted by molar-refractivity contribution is 9.24. The van der Waals surface area contributed by atoms with Gasteiger partial charge in [-0.3, -0.25) is 0 Å². The van der Waals surface area contributed by atoms with Gasteiger partial charge in [0.05, 0.1) is 5.56 Å². The molecule has 0 saturated carbocycles. The number of rotatable bonds is 0. The minimum absolute atomic E-state index is 0.306. The molecule has 0 saturated heterocycles. The third-order valence-electron chi connectivity index (χ3n) is 1.68. The molecule has 0 aromatic heterocycles. The average molecular weight is 292 g/mol. The van der Waals surface area contributed by atoms with Gasteiger partial charge in [-0.2, -0.15) is 0 Å². The SMILES string of the molecule is O=C1OC(Br)(Br)c2ccccc21. The van der Waals surface area contributed by atoms with Gasteiger partial charge in [0.2, 0.25) is 3.42 Å². The van der Waals surface area contributed by atoms with Crippen molar-refractivity contribution in [2.24, 2.45) is 0 Å². The summed E-state index contributed by atoms with van der Waals surface area (Å²) in [6, 6.07) is 7.24. The Morgan fingerprint density at radius 3 is 2.58 bits per heavy atom. The molecule has 0 aliphatic carbocycles. The largest absolute Gasteiger partial charge is 0.429 e. The monoisotopic (exact) mass is 290 g/mol. The molecule has 1 heterocycles. The van der Waals surface area contributed by atoms with Crippen LogP contribution in [0.5, 0.6) is 0 Å². The number of alkyl halides is 2. The summed E-state index contributed by atoms with van der Waals surface area (Å²) in [5.41, 5.74) is 1.42. The van der Waals surface area contributed by atoms with Crippen LogP contribution in [0.15, 0.2) is 24.3 Å². The quantitative estimate of drug-likeness (QED) is 0.543. The molecular formula is C8H4Br2O2. The van der Waals surface area contributed by atoms with Gasteiger partial charge in [0, 0.05) is 5.56 Å². The number of halogens is 2. The molecule has 0 unspecified atom stereocenters. The molecule has 0 amide bonds. The molecule has 2 nitrogen and oxygen atoms in total. The third-order valence-corrected chi connectivity index (χ3v) is 2.86. The van der Waals surface area contributed by atoms with Crippen molar-refractivity contribution in [2.45, 2.75) is 3.42 Å². The Hall–Kier alpha value is -0.350. The van der Waals surface area contributed by atoms with Gasteiger partial charge in [-0.05, 0) is 37.9 Å². The van der Waals surface area contributed by atoms with E-state index in [0.717, 1.165) is 5.56 Å². The molecule has 0 atom stereocenters. The predicted octanol–water partition coefficient (Wildman–Crippen LogP) is 2.76. The minimum atomic E-state index is -0.826. The van der Waals surface area contributed by atoms with Gasteiger partial charge in [-0.15, -0.1) is 0 Å². The second-order valence-corrected chi connectivity index (χ2v) is 5.75. The number of cyclic esters (lactones) is 1. The summed E-state index contributed by atoms with van der Waals surface area (Å²) in [6.45, 7) is 0. The van der Waals surface area contributed by atoms with Gasteiger partial charge in [0.1, 0.15) is 0 Å². The van der Waals surface area contributed by atoms with E-state index in [2.05, 4.69) is 31.9 Å². The number of hydrogen-bond acceptors (Lipinski definition) is 2. The fourth-order valence-corrected chi connectivity index (χ4v) is 2.13. The Morgan fingerprint density at radius 1 is 1.25 bits per heavy atom. The van der Waals surface area contributed by atoms with Gasteiger partial charge in [-0.25, -0.2) is 4.79 Å². The smallest absolute Gasteiger partial charge is 0.340 e. The van der Waals surface area contributed by atoms with Gasteiger partial charge < -0.3 is 4.74 Å². The molecule has 1 aliphatic rings. The van der Waals surface area contributed by atoms with E-state index in [-0.39, 0.29) is 5.97 Å². The van der Waals surface area contributed by atoms with Crippen LogP contribution < -0.4 is 0 Å². The predicted molar refractivity (Wildman–Crippen MR) is 51.4 cm³/mol. The maximum Gasteiger partial charge on any atom is 0.340 e. The lowest BCUT2D eigenvalue weighted by Crippen LogP contribution is -2.06. The van der Waals surface area contributed by atoms with Crippen LogP contribution >= 0.6 is 31.9 Å². The van der Waals surface area contributed by atoms with Crippen molar-refractivity contribution >= 4 is 37.8 Å². The maximum absolute atomic E-state index is 11.2. The lowest BCUT2D eigenvalue weighted by Gasteiger charge is -2.11. The number of esters is 1. The summed E-state index contributed by atoms with van der Waals surface area (Å²) in [4.78, 5) is 11.2. The summed E-state index contributed by atoms with van der Waals surface area (Å²) in [7, 11) is 0. The van der Waals surface area contributed by atoms with Crippen molar-refractivity contribution in [1.29, 1.82) is 0 Å². The van der Waals surface area contributed by atoms with Crippen molar-refractivity contribution in [1.82, 2.24) is 0 Å². The topological polar surface area (TPSA) is 26.3 Å². The van der Waals surface area contributed by atoms with Crippen LogP contribution in [-0.2, 0) is 8.16 Å². The minimum Gasteiger partial charge on any atom is -0.429 e. The lowest BCUT2D eigenvalue weighted by molar-refractivity contribution is 0.0494. The van der Waals surface area contributed by atoms with Crippen LogP contribution in [0.4, 0.5) is 0 Å². The first-order valence-electron chi connectivity index (χ1n) is 3.32. The molecule has 1 aliphatic heterocycles. The van der Waals surface area contributed by atoms with Crippen molar-refractivity contribution in [3.05, 3.63) is 35.4 Å². The van der Waals surface area contributed by atoms with Crippen LogP contribution in [0.1, 0.15) is 15.9 Å². The fraction of sp³-hybridized carbons (Fsp3) is 0.125. The Morgan fingerprint density at radius 2 is 1.92 bits per heavy atom. The molecule has 0 radical (unpaired) electrons. The van der Waals surface area contributed by atoms with Crippen molar-refractivity contribution < 1.29 is 9.53 Å². The second-order valence-electron chi connectivity index (χ2n) is 2.45. The highest BCUT2D eigenvalue weighted by atomic mass is 79.9. The van der Waals surface area contributed by atoms with Crippen LogP contribution in [0, 0.1) is 0 Å². The van der Waals surface area contributed by atoms with E-state index >= 15 is 0 Å². The van der Waals surface area contributed by atoms with E-state index in [0.29, 0.717) is 5.56 Å².